The van der Waals surface area contributed by atoms with Crippen molar-refractivity contribution in [1.29, 1.82) is 5.26 Å². The monoisotopic (exact) mass is 404 g/mol. The van der Waals surface area contributed by atoms with Crippen LogP contribution in [0.25, 0.3) is 0 Å². The minimum Gasteiger partial charge on any atom is -0.368 e. The smallest absolute Gasteiger partial charge is 0.232 e. The van der Waals surface area contributed by atoms with Gasteiger partial charge in [-0.1, -0.05) is 34.8 Å². The van der Waals surface area contributed by atoms with Gasteiger partial charge in [-0.15, -0.1) is 0 Å². The molecule has 0 fully saturated rings. The normalized spacial score (nSPS) is 10.4. The maximum atomic E-state index is 8.84. The summed E-state index contributed by atoms with van der Waals surface area (Å²) in [5.74, 6) is 0.741. The van der Waals surface area contributed by atoms with E-state index in [2.05, 4.69) is 26.3 Å². The van der Waals surface area contributed by atoms with Crippen LogP contribution in [-0.4, -0.2) is 15.0 Å². The number of benzene rings is 2. The lowest BCUT2D eigenvalue weighted by Crippen LogP contribution is -2.08. The quantitative estimate of drug-likeness (QED) is 0.657. The Morgan fingerprint density at radius 2 is 1.65 bits per heavy atom. The average molecular weight is 406 g/mol. The fourth-order valence-corrected chi connectivity index (χ4v) is 3.18. The number of aromatic nitrogens is 3. The predicted molar refractivity (Wildman–Crippen MR) is 103 cm³/mol. The van der Waals surface area contributed by atoms with Crippen molar-refractivity contribution < 1.29 is 0 Å². The fourth-order valence-electron chi connectivity index (χ4n) is 2.23. The summed E-state index contributed by atoms with van der Waals surface area (Å²) in [6.45, 7) is 0. The van der Waals surface area contributed by atoms with E-state index in [-0.39, 0.29) is 18.3 Å². The van der Waals surface area contributed by atoms with Gasteiger partial charge in [-0.2, -0.15) is 20.2 Å². The van der Waals surface area contributed by atoms with Gasteiger partial charge in [0.05, 0.1) is 11.6 Å². The summed E-state index contributed by atoms with van der Waals surface area (Å²) in [7, 11) is 0. The molecule has 2 aromatic carbocycles. The molecule has 26 heavy (non-hydrogen) atoms. The molecule has 0 saturated carbocycles. The molecule has 0 radical (unpaired) electrons. The minimum atomic E-state index is 0.0624. The molecule has 1 aromatic heterocycles. The van der Waals surface area contributed by atoms with E-state index in [1.807, 2.05) is 0 Å². The fraction of sp³-hybridized carbons (Fsp3) is 0.0588. The molecule has 3 rings (SSSR count). The first-order valence-corrected chi connectivity index (χ1v) is 8.49. The van der Waals surface area contributed by atoms with E-state index in [1.54, 1.807) is 36.4 Å². The third-order valence-corrected chi connectivity index (χ3v) is 4.30. The van der Waals surface area contributed by atoms with Crippen LogP contribution in [0.1, 0.15) is 17.0 Å². The third-order valence-electron chi connectivity index (χ3n) is 3.41. The van der Waals surface area contributed by atoms with E-state index >= 15 is 0 Å². The molecule has 0 aliphatic heterocycles. The molecule has 0 aliphatic rings. The zero-order valence-electron chi connectivity index (χ0n) is 13.2. The Labute approximate surface area is 164 Å². The maximum absolute atomic E-state index is 8.84. The summed E-state index contributed by atoms with van der Waals surface area (Å²) in [6, 6.07) is 12.1. The lowest BCUT2D eigenvalue weighted by Gasteiger charge is -2.10. The number of rotatable bonds is 4. The predicted octanol–water partition coefficient (Wildman–Crippen LogP) is 4.62. The van der Waals surface area contributed by atoms with Crippen LogP contribution in [0.2, 0.25) is 15.1 Å². The molecule has 0 amide bonds. The van der Waals surface area contributed by atoms with Crippen LogP contribution in [0, 0.1) is 11.3 Å². The second kappa shape index (κ2) is 7.75. The van der Waals surface area contributed by atoms with Crippen molar-refractivity contribution >= 4 is 52.4 Å². The van der Waals surface area contributed by atoms with Crippen molar-refractivity contribution in [3.8, 4) is 6.07 Å². The van der Waals surface area contributed by atoms with E-state index < -0.39 is 0 Å². The largest absolute Gasteiger partial charge is 0.368 e. The number of hydrogen-bond donors (Lipinski definition) is 2. The molecular formula is C17H11Cl3N6. The Morgan fingerprint density at radius 3 is 2.27 bits per heavy atom. The molecule has 0 bridgehead atoms. The van der Waals surface area contributed by atoms with Crippen molar-refractivity contribution in [1.82, 2.24) is 15.0 Å². The summed E-state index contributed by atoms with van der Waals surface area (Å²) >= 11 is 18.3. The topological polar surface area (TPSA) is 101 Å². The Morgan fingerprint density at radius 1 is 1.00 bits per heavy atom. The number of hydrogen-bond acceptors (Lipinski definition) is 6. The zero-order valence-corrected chi connectivity index (χ0v) is 15.4. The van der Waals surface area contributed by atoms with Gasteiger partial charge in [-0.3, -0.25) is 0 Å². The zero-order chi connectivity index (χ0) is 18.7. The Kier molecular flexibility index (Phi) is 5.43. The number of halogens is 3. The van der Waals surface area contributed by atoms with Crippen molar-refractivity contribution in [2.45, 2.75) is 6.42 Å². The molecule has 0 unspecified atom stereocenters. The molecule has 1 heterocycles. The van der Waals surface area contributed by atoms with Gasteiger partial charge in [0.2, 0.25) is 11.9 Å². The van der Waals surface area contributed by atoms with Crippen molar-refractivity contribution in [2.24, 2.45) is 0 Å². The lowest BCUT2D eigenvalue weighted by atomic mass is 10.1. The molecule has 0 atom stereocenters. The van der Waals surface area contributed by atoms with Crippen molar-refractivity contribution in [3.05, 3.63) is 68.4 Å². The van der Waals surface area contributed by atoms with E-state index in [1.165, 1.54) is 0 Å². The second-order valence-electron chi connectivity index (χ2n) is 5.27. The summed E-state index contributed by atoms with van der Waals surface area (Å²) < 4.78 is 0. The maximum Gasteiger partial charge on any atom is 0.232 e. The van der Waals surface area contributed by atoms with Crippen LogP contribution in [0.5, 0.6) is 0 Å². The molecule has 9 heteroatoms. The number of nitrogens with zero attached hydrogens (tertiary/aromatic N) is 4. The summed E-state index contributed by atoms with van der Waals surface area (Å²) in [5, 5.41) is 13.2. The molecule has 0 aliphatic carbocycles. The Bertz CT molecular complexity index is 975. The third kappa shape index (κ3) is 4.33. The Hall–Kier alpha value is -2.59. The summed E-state index contributed by atoms with van der Waals surface area (Å²) in [4.78, 5) is 12.5. The summed E-state index contributed by atoms with van der Waals surface area (Å²) in [6.07, 6.45) is 0.267. The minimum absolute atomic E-state index is 0.0624. The highest BCUT2D eigenvalue weighted by Crippen LogP contribution is 2.30. The van der Waals surface area contributed by atoms with Crippen LogP contribution < -0.4 is 11.1 Å². The molecule has 130 valence electrons. The number of nitrogen functional groups attached to an aromatic ring is 1. The highest BCUT2D eigenvalue weighted by Gasteiger charge is 2.12. The van der Waals surface area contributed by atoms with E-state index in [4.69, 9.17) is 45.8 Å². The van der Waals surface area contributed by atoms with Gasteiger partial charge in [-0.05, 0) is 42.0 Å². The highest BCUT2D eigenvalue weighted by molar-refractivity contribution is 6.39. The number of nitrogens with two attached hydrogens (primary N) is 1. The summed E-state index contributed by atoms with van der Waals surface area (Å²) in [5.41, 5.74) is 7.69. The molecule has 0 saturated heterocycles. The van der Waals surface area contributed by atoms with Gasteiger partial charge in [0.15, 0.2) is 0 Å². The molecule has 3 N–H and O–H groups in total. The van der Waals surface area contributed by atoms with Gasteiger partial charge < -0.3 is 11.1 Å². The number of nitrogens with one attached hydrogen (secondary N) is 1. The lowest BCUT2D eigenvalue weighted by molar-refractivity contribution is 0.936. The van der Waals surface area contributed by atoms with Gasteiger partial charge >= 0.3 is 0 Å². The van der Waals surface area contributed by atoms with Crippen LogP contribution in [0.4, 0.5) is 17.6 Å². The van der Waals surface area contributed by atoms with Crippen LogP contribution in [0.3, 0.4) is 0 Å². The first-order chi connectivity index (χ1) is 12.4. The Balaban J connectivity index is 1.87. The van der Waals surface area contributed by atoms with E-state index in [9.17, 15) is 0 Å². The first-order valence-electron chi connectivity index (χ1n) is 7.35. The van der Waals surface area contributed by atoms with Gasteiger partial charge in [0.25, 0.3) is 0 Å². The number of anilines is 3. The van der Waals surface area contributed by atoms with Crippen molar-refractivity contribution in [2.75, 3.05) is 11.1 Å². The standard InChI is InChI=1S/C17H11Cl3N6/c18-10-5-13(19)12(14(20)6-10)7-15-24-16(22)26-17(25-15)23-11-3-1-9(8-21)2-4-11/h1-6H,7H2,(H3,22,23,24,25,26). The van der Waals surface area contributed by atoms with Crippen LogP contribution in [-0.2, 0) is 6.42 Å². The van der Waals surface area contributed by atoms with Crippen LogP contribution >= 0.6 is 34.8 Å². The second-order valence-corrected chi connectivity index (χ2v) is 6.52. The number of nitriles is 1. The van der Waals surface area contributed by atoms with Gasteiger partial charge in [0, 0.05) is 27.2 Å². The first kappa shape index (κ1) is 18.2. The van der Waals surface area contributed by atoms with Crippen LogP contribution in [0.15, 0.2) is 36.4 Å². The molecule has 6 nitrogen and oxygen atoms in total. The SMILES string of the molecule is N#Cc1ccc(Nc2nc(N)nc(Cc3c(Cl)cc(Cl)cc3Cl)n2)cc1. The molecule has 3 aromatic rings. The van der Waals surface area contributed by atoms with Gasteiger partial charge in [0.1, 0.15) is 5.82 Å². The molecule has 0 spiro atoms. The average Bonchev–Trinajstić information content (AvgIpc) is 2.58. The van der Waals surface area contributed by atoms with Crippen molar-refractivity contribution in [3.63, 3.8) is 0 Å². The van der Waals surface area contributed by atoms with E-state index in [0.29, 0.717) is 37.7 Å². The molecular weight excluding hydrogens is 395 g/mol. The highest BCUT2D eigenvalue weighted by atomic mass is 35.5. The van der Waals surface area contributed by atoms with E-state index in [0.717, 1.165) is 0 Å². The van der Waals surface area contributed by atoms with Gasteiger partial charge in [-0.25, -0.2) is 0 Å².